The van der Waals surface area contributed by atoms with Crippen LogP contribution in [0.2, 0.25) is 0 Å². The highest BCUT2D eigenvalue weighted by Gasteiger charge is 2.09. The van der Waals surface area contributed by atoms with Crippen molar-refractivity contribution in [2.45, 2.75) is 12.8 Å². The third-order valence-corrected chi connectivity index (χ3v) is 2.21. The number of rotatable bonds is 5. The Kier molecular flexibility index (Phi) is 4.65. The van der Waals surface area contributed by atoms with E-state index >= 15 is 0 Å². The molecule has 20 heavy (non-hydrogen) atoms. The number of nitrogens with zero attached hydrogens (tertiary/aromatic N) is 4. The summed E-state index contributed by atoms with van der Waals surface area (Å²) in [6, 6.07) is 3.28. The quantitative estimate of drug-likeness (QED) is 0.825. The molecule has 2 aromatic heterocycles. The smallest absolute Gasteiger partial charge is 0.229 e. The first-order valence-electron chi connectivity index (χ1n) is 5.88. The van der Waals surface area contributed by atoms with Crippen LogP contribution in [0.25, 0.3) is 0 Å². The van der Waals surface area contributed by atoms with E-state index in [-0.39, 0.29) is 36.6 Å². The zero-order chi connectivity index (χ0) is 14.2. The van der Waals surface area contributed by atoms with Crippen LogP contribution in [0.15, 0.2) is 36.9 Å². The Morgan fingerprint density at radius 2 is 1.10 bits per heavy atom. The molecule has 0 saturated carbocycles. The predicted octanol–water partition coefficient (Wildman–Crippen LogP) is 0.624. The molecule has 2 rings (SSSR count). The highest BCUT2D eigenvalue weighted by molar-refractivity contribution is 5.95. The molecule has 0 spiro atoms. The Bertz CT molecular complexity index is 522. The molecule has 0 bridgehead atoms. The van der Waals surface area contributed by atoms with E-state index in [0.717, 1.165) is 0 Å². The molecule has 0 unspecified atom stereocenters. The van der Waals surface area contributed by atoms with Gasteiger partial charge in [0.05, 0.1) is 0 Å². The topological polar surface area (TPSA) is 110 Å². The summed E-state index contributed by atoms with van der Waals surface area (Å²) in [6.07, 6.45) is 6.11. The Labute approximate surface area is 114 Å². The molecule has 2 amide bonds. The summed E-state index contributed by atoms with van der Waals surface area (Å²) < 4.78 is 0. The van der Waals surface area contributed by atoms with E-state index in [1.54, 1.807) is 12.1 Å². The number of nitrogens with one attached hydrogen (secondary N) is 2. The van der Waals surface area contributed by atoms with Crippen molar-refractivity contribution in [1.29, 1.82) is 0 Å². The molecule has 0 fully saturated rings. The van der Waals surface area contributed by atoms with Crippen molar-refractivity contribution in [2.24, 2.45) is 0 Å². The zero-order valence-corrected chi connectivity index (χ0v) is 10.5. The van der Waals surface area contributed by atoms with Gasteiger partial charge in [-0.15, -0.1) is 0 Å². The van der Waals surface area contributed by atoms with Crippen LogP contribution in [0.5, 0.6) is 0 Å². The Balaban J connectivity index is 1.75. The number of amides is 2. The van der Waals surface area contributed by atoms with Gasteiger partial charge in [-0.2, -0.15) is 0 Å². The first-order valence-corrected chi connectivity index (χ1v) is 5.88. The van der Waals surface area contributed by atoms with Crippen molar-refractivity contribution in [2.75, 3.05) is 10.6 Å². The Morgan fingerprint density at radius 3 is 1.45 bits per heavy atom. The van der Waals surface area contributed by atoms with E-state index in [9.17, 15) is 9.59 Å². The number of hydrogen-bond acceptors (Lipinski definition) is 6. The van der Waals surface area contributed by atoms with Gasteiger partial charge >= 0.3 is 0 Å². The van der Waals surface area contributed by atoms with Gasteiger partial charge < -0.3 is 0 Å². The van der Waals surface area contributed by atoms with E-state index in [2.05, 4.69) is 30.6 Å². The largest absolute Gasteiger partial charge is 0.295 e. The van der Waals surface area contributed by atoms with Crippen molar-refractivity contribution in [3.63, 3.8) is 0 Å². The van der Waals surface area contributed by atoms with Crippen LogP contribution in [0.1, 0.15) is 12.8 Å². The summed E-state index contributed by atoms with van der Waals surface area (Å²) in [5.74, 6) is -0.241. The fourth-order valence-electron chi connectivity index (χ4n) is 1.33. The molecule has 2 aromatic rings. The standard InChI is InChI=1S/C12H12N6O2/c19-9(17-11-13-5-1-6-14-11)3-4-10(20)18-12-15-7-2-8-16-12/h1-2,5-8H,3-4H2,(H,13,14,17,19)(H,15,16,18,20). The second-order valence-electron chi connectivity index (χ2n) is 3.74. The monoisotopic (exact) mass is 272 g/mol. The van der Waals surface area contributed by atoms with Crippen molar-refractivity contribution >= 4 is 23.7 Å². The number of carbonyl (C=O) groups is 2. The van der Waals surface area contributed by atoms with E-state index in [1.165, 1.54) is 24.8 Å². The molecule has 0 aliphatic rings. The van der Waals surface area contributed by atoms with Crippen molar-refractivity contribution in [1.82, 2.24) is 19.9 Å². The third kappa shape index (κ3) is 4.41. The van der Waals surface area contributed by atoms with Crippen molar-refractivity contribution in [3.05, 3.63) is 36.9 Å². The van der Waals surface area contributed by atoms with Gasteiger partial charge in [-0.3, -0.25) is 20.2 Å². The van der Waals surface area contributed by atoms with Crippen LogP contribution >= 0.6 is 0 Å². The summed E-state index contributed by atoms with van der Waals surface area (Å²) in [4.78, 5) is 38.5. The molecule has 0 radical (unpaired) electrons. The Hall–Kier alpha value is -2.90. The van der Waals surface area contributed by atoms with E-state index in [4.69, 9.17) is 0 Å². The van der Waals surface area contributed by atoms with Gasteiger partial charge in [0, 0.05) is 37.6 Å². The molecule has 0 aromatic carbocycles. The molecule has 0 aliphatic heterocycles. The van der Waals surface area contributed by atoms with Gasteiger partial charge in [-0.05, 0) is 12.1 Å². The molecule has 0 atom stereocenters. The van der Waals surface area contributed by atoms with Gasteiger partial charge in [0.15, 0.2) is 0 Å². The van der Waals surface area contributed by atoms with Crippen molar-refractivity contribution in [3.8, 4) is 0 Å². The lowest BCUT2D eigenvalue weighted by molar-refractivity contribution is -0.121. The van der Waals surface area contributed by atoms with E-state index in [1.807, 2.05) is 0 Å². The maximum Gasteiger partial charge on any atom is 0.229 e. The van der Waals surface area contributed by atoms with Crippen LogP contribution in [-0.4, -0.2) is 31.8 Å². The van der Waals surface area contributed by atoms with Crippen LogP contribution in [0.3, 0.4) is 0 Å². The molecule has 8 heteroatoms. The first-order chi connectivity index (χ1) is 9.74. The second-order valence-corrected chi connectivity index (χ2v) is 3.74. The van der Waals surface area contributed by atoms with Gasteiger partial charge in [0.25, 0.3) is 0 Å². The highest BCUT2D eigenvalue weighted by atomic mass is 16.2. The lowest BCUT2D eigenvalue weighted by Gasteiger charge is -2.04. The number of aromatic nitrogens is 4. The number of anilines is 2. The minimum Gasteiger partial charge on any atom is -0.295 e. The summed E-state index contributed by atoms with van der Waals surface area (Å²) in [6.45, 7) is 0. The summed E-state index contributed by atoms with van der Waals surface area (Å²) in [7, 11) is 0. The zero-order valence-electron chi connectivity index (χ0n) is 10.5. The maximum absolute atomic E-state index is 11.6. The van der Waals surface area contributed by atoms with Crippen LogP contribution in [-0.2, 0) is 9.59 Å². The normalized spacial score (nSPS) is 9.80. The average molecular weight is 272 g/mol. The maximum atomic E-state index is 11.6. The van der Waals surface area contributed by atoms with Crippen LogP contribution in [0, 0.1) is 0 Å². The minimum absolute atomic E-state index is 0.0247. The van der Waals surface area contributed by atoms with E-state index < -0.39 is 0 Å². The second kappa shape index (κ2) is 6.88. The van der Waals surface area contributed by atoms with Gasteiger partial charge in [-0.25, -0.2) is 19.9 Å². The molecule has 0 saturated heterocycles. The lowest BCUT2D eigenvalue weighted by Crippen LogP contribution is -2.19. The average Bonchev–Trinajstić information content (AvgIpc) is 2.47. The summed E-state index contributed by atoms with van der Waals surface area (Å²) in [5.41, 5.74) is 0. The predicted molar refractivity (Wildman–Crippen MR) is 70.6 cm³/mol. The molecule has 8 nitrogen and oxygen atoms in total. The third-order valence-electron chi connectivity index (χ3n) is 2.21. The molecule has 102 valence electrons. The molecule has 2 N–H and O–H groups in total. The summed E-state index contributed by atoms with van der Waals surface area (Å²) in [5, 5.41) is 4.98. The van der Waals surface area contributed by atoms with Crippen molar-refractivity contribution < 1.29 is 9.59 Å². The SMILES string of the molecule is O=C(CCC(=O)Nc1ncccn1)Nc1ncccn1. The highest BCUT2D eigenvalue weighted by Crippen LogP contribution is 2.00. The molecular weight excluding hydrogens is 260 g/mol. The van der Waals surface area contributed by atoms with E-state index in [0.29, 0.717) is 0 Å². The summed E-state index contributed by atoms with van der Waals surface area (Å²) >= 11 is 0. The molecule has 2 heterocycles. The van der Waals surface area contributed by atoms with Crippen LogP contribution in [0.4, 0.5) is 11.9 Å². The van der Waals surface area contributed by atoms with Gasteiger partial charge in [0.1, 0.15) is 0 Å². The van der Waals surface area contributed by atoms with Gasteiger partial charge in [0.2, 0.25) is 23.7 Å². The number of hydrogen-bond donors (Lipinski definition) is 2. The van der Waals surface area contributed by atoms with Gasteiger partial charge in [-0.1, -0.05) is 0 Å². The fourth-order valence-corrected chi connectivity index (χ4v) is 1.33. The molecular formula is C12H12N6O2. The van der Waals surface area contributed by atoms with Crippen LogP contribution < -0.4 is 10.6 Å². The Morgan fingerprint density at radius 1 is 0.750 bits per heavy atom. The first kappa shape index (κ1) is 13.5. The lowest BCUT2D eigenvalue weighted by atomic mass is 10.3. The number of carbonyl (C=O) groups excluding carboxylic acids is 2. The molecule has 0 aliphatic carbocycles. The fraction of sp³-hybridized carbons (Fsp3) is 0.167. The minimum atomic E-state index is -0.333.